The van der Waals surface area contributed by atoms with Crippen molar-refractivity contribution in [2.45, 2.75) is 19.4 Å². The largest absolute Gasteiger partial charge is 0.493 e. The Hall–Kier alpha value is -3.00. The molecule has 0 aliphatic heterocycles. The monoisotopic (exact) mass is 416 g/mol. The number of nitrogens with zero attached hydrogens (tertiary/aromatic N) is 1. The standard InChI is InChI=1S/C21H24N2O5S/c1-13(23-21(25)15-7-5-6-8-17(15)29-23)20(24)22-12-11-14-9-10-16(26-2)19(28-4)18(14)27-3/h5-10,13H,11-12H2,1-4H3,(H,22,24). The van der Waals surface area contributed by atoms with Crippen LogP contribution in [-0.4, -0.2) is 37.7 Å². The Morgan fingerprint density at radius 1 is 1.07 bits per heavy atom. The van der Waals surface area contributed by atoms with Gasteiger partial charge >= 0.3 is 0 Å². The average molecular weight is 416 g/mol. The fourth-order valence-electron chi connectivity index (χ4n) is 3.18. The first-order chi connectivity index (χ1) is 14.0. The molecule has 1 unspecified atom stereocenters. The molecule has 8 heteroatoms. The Kier molecular flexibility index (Phi) is 6.43. The minimum Gasteiger partial charge on any atom is -0.493 e. The van der Waals surface area contributed by atoms with Gasteiger partial charge in [-0.15, -0.1) is 0 Å². The van der Waals surface area contributed by atoms with Gasteiger partial charge in [-0.3, -0.25) is 13.5 Å². The van der Waals surface area contributed by atoms with Gasteiger partial charge in [-0.25, -0.2) is 0 Å². The Morgan fingerprint density at radius 2 is 1.79 bits per heavy atom. The topological polar surface area (TPSA) is 78.8 Å². The van der Waals surface area contributed by atoms with Gasteiger partial charge in [-0.05, 0) is 31.5 Å². The highest BCUT2D eigenvalue weighted by Crippen LogP contribution is 2.39. The van der Waals surface area contributed by atoms with Gasteiger partial charge in [0.1, 0.15) is 6.04 Å². The van der Waals surface area contributed by atoms with Crippen LogP contribution in [0.15, 0.2) is 41.2 Å². The molecule has 0 spiro atoms. The van der Waals surface area contributed by atoms with Crippen molar-refractivity contribution in [1.82, 2.24) is 9.27 Å². The van der Waals surface area contributed by atoms with Crippen molar-refractivity contribution in [3.05, 3.63) is 52.3 Å². The normalized spacial score (nSPS) is 11.9. The molecule has 29 heavy (non-hydrogen) atoms. The van der Waals surface area contributed by atoms with Gasteiger partial charge in [0.25, 0.3) is 5.56 Å². The van der Waals surface area contributed by atoms with Gasteiger partial charge in [0.15, 0.2) is 11.5 Å². The quantitative estimate of drug-likeness (QED) is 0.611. The van der Waals surface area contributed by atoms with Gasteiger partial charge in [-0.1, -0.05) is 29.7 Å². The summed E-state index contributed by atoms with van der Waals surface area (Å²) in [4.78, 5) is 25.1. The predicted molar refractivity (Wildman–Crippen MR) is 114 cm³/mol. The van der Waals surface area contributed by atoms with Crippen LogP contribution in [0.2, 0.25) is 0 Å². The zero-order chi connectivity index (χ0) is 21.0. The van der Waals surface area contributed by atoms with E-state index in [-0.39, 0.29) is 11.5 Å². The lowest BCUT2D eigenvalue weighted by Crippen LogP contribution is -2.34. The Bertz CT molecular complexity index is 1070. The van der Waals surface area contributed by atoms with E-state index in [9.17, 15) is 9.59 Å². The summed E-state index contributed by atoms with van der Waals surface area (Å²) in [5.41, 5.74) is 0.743. The smallest absolute Gasteiger partial charge is 0.269 e. The number of hydrogen-bond acceptors (Lipinski definition) is 6. The molecule has 3 aromatic rings. The van der Waals surface area contributed by atoms with E-state index in [1.807, 2.05) is 24.3 Å². The predicted octanol–water partition coefficient (Wildman–Crippen LogP) is 3.01. The first-order valence-electron chi connectivity index (χ1n) is 9.18. The van der Waals surface area contributed by atoms with Gasteiger partial charge in [0.05, 0.1) is 31.4 Å². The second-order valence-corrected chi connectivity index (χ2v) is 7.44. The van der Waals surface area contributed by atoms with E-state index in [1.54, 1.807) is 40.4 Å². The zero-order valence-electron chi connectivity index (χ0n) is 16.9. The summed E-state index contributed by atoms with van der Waals surface area (Å²) < 4.78 is 18.5. The highest BCUT2D eigenvalue weighted by atomic mass is 32.1. The third-order valence-corrected chi connectivity index (χ3v) is 5.96. The van der Waals surface area contributed by atoms with E-state index in [4.69, 9.17) is 14.2 Å². The Balaban J connectivity index is 1.69. The van der Waals surface area contributed by atoms with Crippen LogP contribution in [0.25, 0.3) is 10.1 Å². The molecule has 1 heterocycles. The second kappa shape index (κ2) is 9.00. The number of hydrogen-bond donors (Lipinski definition) is 1. The summed E-state index contributed by atoms with van der Waals surface area (Å²) in [7, 11) is 4.68. The molecule has 1 aromatic heterocycles. The third kappa shape index (κ3) is 4.07. The Labute approximate surface area is 173 Å². The number of carbonyl (C=O) groups is 1. The molecule has 0 fully saturated rings. The first kappa shape index (κ1) is 20.7. The summed E-state index contributed by atoms with van der Waals surface area (Å²) in [5.74, 6) is 1.46. The fourth-order valence-corrected chi connectivity index (χ4v) is 4.22. The molecule has 154 valence electrons. The first-order valence-corrected chi connectivity index (χ1v) is 9.95. The SMILES string of the molecule is COc1ccc(CCNC(=O)C(C)n2sc3ccccc3c2=O)c(OC)c1OC. The number of methoxy groups -OCH3 is 3. The maximum Gasteiger partial charge on any atom is 0.269 e. The van der Waals surface area contributed by atoms with Gasteiger partial charge < -0.3 is 19.5 Å². The molecule has 7 nitrogen and oxygen atoms in total. The molecule has 2 aromatic carbocycles. The molecular weight excluding hydrogens is 392 g/mol. The summed E-state index contributed by atoms with van der Waals surface area (Å²) in [6.07, 6.45) is 0.545. The number of amides is 1. The van der Waals surface area contributed by atoms with Crippen molar-refractivity contribution >= 4 is 27.5 Å². The van der Waals surface area contributed by atoms with Crippen molar-refractivity contribution in [3.8, 4) is 17.2 Å². The zero-order valence-corrected chi connectivity index (χ0v) is 17.7. The highest BCUT2D eigenvalue weighted by molar-refractivity contribution is 7.14. The fraction of sp³-hybridized carbons (Fsp3) is 0.333. The van der Waals surface area contributed by atoms with E-state index in [0.29, 0.717) is 35.6 Å². The van der Waals surface area contributed by atoms with Crippen LogP contribution in [0, 0.1) is 0 Å². The number of nitrogens with one attached hydrogen (secondary N) is 1. The van der Waals surface area contributed by atoms with Crippen molar-refractivity contribution in [2.24, 2.45) is 0 Å². The van der Waals surface area contributed by atoms with E-state index >= 15 is 0 Å². The van der Waals surface area contributed by atoms with Crippen LogP contribution in [-0.2, 0) is 11.2 Å². The summed E-state index contributed by atoms with van der Waals surface area (Å²) >= 11 is 1.30. The molecule has 3 rings (SSSR count). The molecule has 0 aliphatic carbocycles. The third-order valence-electron chi connectivity index (χ3n) is 4.72. The molecule has 0 saturated carbocycles. The minimum atomic E-state index is -0.591. The van der Waals surface area contributed by atoms with Gasteiger partial charge in [0, 0.05) is 12.1 Å². The maximum absolute atomic E-state index is 12.6. The number of aromatic nitrogens is 1. The lowest BCUT2D eigenvalue weighted by Gasteiger charge is -2.16. The van der Waals surface area contributed by atoms with E-state index in [2.05, 4.69) is 5.32 Å². The molecule has 0 aliphatic rings. The summed E-state index contributed by atoms with van der Waals surface area (Å²) in [5, 5.41) is 3.53. The van der Waals surface area contributed by atoms with Crippen LogP contribution in [0.4, 0.5) is 0 Å². The average Bonchev–Trinajstić information content (AvgIpc) is 3.09. The van der Waals surface area contributed by atoms with Gasteiger partial charge in [-0.2, -0.15) is 0 Å². The lowest BCUT2D eigenvalue weighted by atomic mass is 10.1. The van der Waals surface area contributed by atoms with Crippen molar-refractivity contribution in [2.75, 3.05) is 27.9 Å². The lowest BCUT2D eigenvalue weighted by molar-refractivity contribution is -0.123. The van der Waals surface area contributed by atoms with Crippen molar-refractivity contribution in [1.29, 1.82) is 0 Å². The van der Waals surface area contributed by atoms with Crippen molar-refractivity contribution in [3.63, 3.8) is 0 Å². The number of rotatable bonds is 8. The van der Waals surface area contributed by atoms with Crippen LogP contribution in [0.1, 0.15) is 18.5 Å². The molecule has 1 amide bonds. The minimum absolute atomic E-state index is 0.144. The molecule has 0 saturated heterocycles. The number of benzene rings is 2. The maximum atomic E-state index is 12.6. The van der Waals surface area contributed by atoms with E-state index in [0.717, 1.165) is 10.3 Å². The molecule has 1 N–H and O–H groups in total. The van der Waals surface area contributed by atoms with E-state index < -0.39 is 6.04 Å². The molecule has 1 atom stereocenters. The van der Waals surface area contributed by atoms with Gasteiger partial charge in [0.2, 0.25) is 11.7 Å². The van der Waals surface area contributed by atoms with Crippen LogP contribution in [0.5, 0.6) is 17.2 Å². The molecule has 0 bridgehead atoms. The number of carbonyl (C=O) groups excluding carboxylic acids is 1. The Morgan fingerprint density at radius 3 is 2.45 bits per heavy atom. The van der Waals surface area contributed by atoms with E-state index in [1.165, 1.54) is 15.5 Å². The van der Waals surface area contributed by atoms with Crippen LogP contribution < -0.4 is 25.1 Å². The summed E-state index contributed by atoms with van der Waals surface area (Å²) in [6, 6.07) is 10.5. The highest BCUT2D eigenvalue weighted by Gasteiger charge is 2.20. The van der Waals surface area contributed by atoms with Crippen LogP contribution in [0.3, 0.4) is 0 Å². The van der Waals surface area contributed by atoms with Crippen molar-refractivity contribution < 1.29 is 19.0 Å². The second-order valence-electron chi connectivity index (χ2n) is 6.43. The molecule has 0 radical (unpaired) electrons. The number of ether oxygens (including phenoxy) is 3. The van der Waals surface area contributed by atoms with Crippen LogP contribution >= 0.6 is 11.5 Å². The molecular formula is C21H24N2O5S. The summed E-state index contributed by atoms with van der Waals surface area (Å²) in [6.45, 7) is 2.12. The number of fused-ring (bicyclic) bond motifs is 1.